The van der Waals surface area contributed by atoms with E-state index in [4.69, 9.17) is 0 Å². The molecule has 0 radical (unpaired) electrons. The largest absolute Gasteiger partial charge is 0.343 e. The van der Waals surface area contributed by atoms with E-state index in [1.54, 1.807) is 0 Å². The van der Waals surface area contributed by atoms with Crippen molar-refractivity contribution in [1.82, 2.24) is 4.57 Å². The molecule has 0 aliphatic rings. The summed E-state index contributed by atoms with van der Waals surface area (Å²) in [6.45, 7) is 0.913. The molecule has 1 heteroatoms. The number of para-hydroxylation sites is 1. The Morgan fingerprint density at radius 1 is 0.609 bits per heavy atom. The Balaban J connectivity index is 1.67. The highest BCUT2D eigenvalue weighted by Gasteiger charge is 2.06. The van der Waals surface area contributed by atoms with E-state index in [1.807, 2.05) is 0 Å². The molecule has 0 atom stereocenters. The Labute approximate surface area is 136 Å². The summed E-state index contributed by atoms with van der Waals surface area (Å²) in [5.74, 6) is 0. The number of fused-ring (bicyclic) bond motifs is 1. The quantitative estimate of drug-likeness (QED) is 0.483. The molecule has 0 aliphatic carbocycles. The summed E-state index contributed by atoms with van der Waals surface area (Å²) in [4.78, 5) is 0. The van der Waals surface area contributed by atoms with Crippen LogP contribution in [0.15, 0.2) is 91.1 Å². The van der Waals surface area contributed by atoms with Crippen LogP contribution in [0.3, 0.4) is 0 Å². The van der Waals surface area contributed by atoms with E-state index in [0.29, 0.717) is 0 Å². The maximum Gasteiger partial charge on any atom is 0.0483 e. The second kappa shape index (κ2) is 6.13. The van der Waals surface area contributed by atoms with Gasteiger partial charge in [-0.3, -0.25) is 0 Å². The van der Waals surface area contributed by atoms with Gasteiger partial charge in [0.1, 0.15) is 0 Å². The van der Waals surface area contributed by atoms with Gasteiger partial charge in [-0.15, -0.1) is 0 Å². The molecule has 0 unspecified atom stereocenters. The van der Waals surface area contributed by atoms with Crippen molar-refractivity contribution in [2.45, 2.75) is 13.0 Å². The van der Waals surface area contributed by atoms with Gasteiger partial charge in [-0.25, -0.2) is 0 Å². The SMILES string of the molecule is c1ccc(Cc2ccccc2Cn2ccc3ccccc32)cc1. The van der Waals surface area contributed by atoms with E-state index in [0.717, 1.165) is 13.0 Å². The van der Waals surface area contributed by atoms with Gasteiger partial charge < -0.3 is 4.57 Å². The fourth-order valence-corrected chi connectivity index (χ4v) is 3.16. The highest BCUT2D eigenvalue weighted by atomic mass is 14.9. The number of hydrogen-bond acceptors (Lipinski definition) is 0. The second-order valence-electron chi connectivity index (χ2n) is 5.93. The molecule has 1 aromatic heterocycles. The number of hydrogen-bond donors (Lipinski definition) is 0. The molecule has 0 fully saturated rings. The Bertz CT molecular complexity index is 919. The second-order valence-corrected chi connectivity index (χ2v) is 5.93. The van der Waals surface area contributed by atoms with Crippen molar-refractivity contribution in [1.29, 1.82) is 0 Å². The number of nitrogens with zero attached hydrogens (tertiary/aromatic N) is 1. The van der Waals surface area contributed by atoms with Crippen molar-refractivity contribution in [3.63, 3.8) is 0 Å². The van der Waals surface area contributed by atoms with Gasteiger partial charge in [-0.1, -0.05) is 72.8 Å². The Morgan fingerprint density at radius 2 is 1.30 bits per heavy atom. The third-order valence-electron chi connectivity index (χ3n) is 4.38. The average Bonchev–Trinajstić information content (AvgIpc) is 3.01. The summed E-state index contributed by atoms with van der Waals surface area (Å²) in [5.41, 5.74) is 5.44. The Kier molecular flexibility index (Phi) is 3.69. The standard InChI is InChI=1S/C22H19N/c1-2-8-18(9-3-1)16-20-11-4-5-12-21(20)17-23-15-14-19-10-6-7-13-22(19)23/h1-15H,16-17H2. The lowest BCUT2D eigenvalue weighted by Gasteiger charge is -2.12. The minimum atomic E-state index is 0.913. The molecule has 4 aromatic rings. The van der Waals surface area contributed by atoms with Crippen molar-refractivity contribution in [2.24, 2.45) is 0 Å². The first kappa shape index (κ1) is 13.8. The molecule has 112 valence electrons. The predicted molar refractivity (Wildman–Crippen MR) is 96.7 cm³/mol. The Hall–Kier alpha value is -2.80. The first-order valence-corrected chi connectivity index (χ1v) is 8.05. The van der Waals surface area contributed by atoms with Crippen LogP contribution in [0, 0.1) is 0 Å². The smallest absolute Gasteiger partial charge is 0.0483 e. The van der Waals surface area contributed by atoms with Crippen molar-refractivity contribution in [2.75, 3.05) is 0 Å². The van der Waals surface area contributed by atoms with E-state index >= 15 is 0 Å². The third kappa shape index (κ3) is 2.91. The summed E-state index contributed by atoms with van der Waals surface area (Å²) >= 11 is 0. The number of benzene rings is 3. The van der Waals surface area contributed by atoms with Crippen molar-refractivity contribution < 1.29 is 0 Å². The van der Waals surface area contributed by atoms with Crippen LogP contribution in [0.2, 0.25) is 0 Å². The van der Waals surface area contributed by atoms with Gasteiger partial charge in [-0.05, 0) is 40.6 Å². The van der Waals surface area contributed by atoms with Crippen LogP contribution in [0.5, 0.6) is 0 Å². The normalized spacial score (nSPS) is 11.0. The maximum absolute atomic E-state index is 2.33. The molecule has 23 heavy (non-hydrogen) atoms. The van der Waals surface area contributed by atoms with Gasteiger partial charge in [0.2, 0.25) is 0 Å². The lowest BCUT2D eigenvalue weighted by Crippen LogP contribution is -2.02. The van der Waals surface area contributed by atoms with E-state index in [1.165, 1.54) is 27.6 Å². The van der Waals surface area contributed by atoms with Crippen LogP contribution in [-0.4, -0.2) is 4.57 Å². The molecular formula is C22H19N. The fourth-order valence-electron chi connectivity index (χ4n) is 3.16. The zero-order valence-corrected chi connectivity index (χ0v) is 13.0. The minimum absolute atomic E-state index is 0.913. The van der Waals surface area contributed by atoms with Crippen molar-refractivity contribution in [3.05, 3.63) is 108 Å². The molecule has 1 nitrogen and oxygen atoms in total. The van der Waals surface area contributed by atoms with E-state index in [-0.39, 0.29) is 0 Å². The first-order valence-electron chi connectivity index (χ1n) is 8.05. The molecular weight excluding hydrogens is 278 g/mol. The zero-order chi connectivity index (χ0) is 15.5. The molecule has 0 saturated carbocycles. The van der Waals surface area contributed by atoms with Gasteiger partial charge in [-0.2, -0.15) is 0 Å². The predicted octanol–water partition coefficient (Wildman–Crippen LogP) is 5.28. The summed E-state index contributed by atoms with van der Waals surface area (Å²) < 4.78 is 2.33. The first-order chi connectivity index (χ1) is 11.4. The minimum Gasteiger partial charge on any atom is -0.343 e. The average molecular weight is 297 g/mol. The number of rotatable bonds is 4. The van der Waals surface area contributed by atoms with Crippen molar-refractivity contribution in [3.8, 4) is 0 Å². The van der Waals surface area contributed by atoms with Gasteiger partial charge in [0, 0.05) is 18.3 Å². The molecule has 1 heterocycles. The van der Waals surface area contributed by atoms with Crippen molar-refractivity contribution >= 4 is 10.9 Å². The zero-order valence-electron chi connectivity index (χ0n) is 13.0. The van der Waals surface area contributed by atoms with E-state index in [2.05, 4.69) is 95.7 Å². The molecule has 0 spiro atoms. The molecule has 4 rings (SSSR count). The molecule has 0 aliphatic heterocycles. The van der Waals surface area contributed by atoms with Gasteiger partial charge in [0.05, 0.1) is 0 Å². The fraction of sp³-hybridized carbons (Fsp3) is 0.0909. The summed E-state index contributed by atoms with van der Waals surface area (Å²) in [6.07, 6.45) is 3.17. The summed E-state index contributed by atoms with van der Waals surface area (Å²) in [7, 11) is 0. The van der Waals surface area contributed by atoms with Crippen LogP contribution >= 0.6 is 0 Å². The monoisotopic (exact) mass is 297 g/mol. The van der Waals surface area contributed by atoms with E-state index in [9.17, 15) is 0 Å². The summed E-state index contributed by atoms with van der Waals surface area (Å²) in [6, 6.07) is 30.2. The highest BCUT2D eigenvalue weighted by Crippen LogP contribution is 2.20. The van der Waals surface area contributed by atoms with E-state index < -0.39 is 0 Å². The van der Waals surface area contributed by atoms with Crippen LogP contribution in [-0.2, 0) is 13.0 Å². The molecule has 3 aromatic carbocycles. The molecule has 0 N–H and O–H groups in total. The van der Waals surface area contributed by atoms with Crippen LogP contribution in [0.1, 0.15) is 16.7 Å². The van der Waals surface area contributed by atoms with Gasteiger partial charge >= 0.3 is 0 Å². The lowest BCUT2D eigenvalue weighted by atomic mass is 10.00. The van der Waals surface area contributed by atoms with Crippen LogP contribution in [0.25, 0.3) is 10.9 Å². The Morgan fingerprint density at radius 3 is 2.17 bits per heavy atom. The molecule has 0 saturated heterocycles. The highest BCUT2D eigenvalue weighted by molar-refractivity contribution is 5.80. The van der Waals surface area contributed by atoms with Crippen LogP contribution in [0.4, 0.5) is 0 Å². The maximum atomic E-state index is 2.33. The van der Waals surface area contributed by atoms with Crippen LogP contribution < -0.4 is 0 Å². The third-order valence-corrected chi connectivity index (χ3v) is 4.38. The van der Waals surface area contributed by atoms with Gasteiger partial charge in [0.15, 0.2) is 0 Å². The van der Waals surface area contributed by atoms with Gasteiger partial charge in [0.25, 0.3) is 0 Å². The number of aromatic nitrogens is 1. The molecule has 0 amide bonds. The lowest BCUT2D eigenvalue weighted by molar-refractivity contribution is 0.825. The molecule has 0 bridgehead atoms. The topological polar surface area (TPSA) is 4.93 Å². The summed E-state index contributed by atoms with van der Waals surface area (Å²) in [5, 5.41) is 1.30.